The van der Waals surface area contributed by atoms with Crippen molar-refractivity contribution in [2.75, 3.05) is 11.9 Å². The average Bonchev–Trinajstić information content (AvgIpc) is 2.82. The molecule has 1 aromatic carbocycles. The third kappa shape index (κ3) is 3.34. The third-order valence-electron chi connectivity index (χ3n) is 4.66. The van der Waals surface area contributed by atoms with Crippen LogP contribution in [0.3, 0.4) is 0 Å². The molecule has 2 atom stereocenters. The van der Waals surface area contributed by atoms with Crippen LogP contribution in [0.5, 0.6) is 0 Å². The lowest BCUT2D eigenvalue weighted by atomic mass is 9.81. The van der Waals surface area contributed by atoms with Gasteiger partial charge in [-0.2, -0.15) is 0 Å². The summed E-state index contributed by atoms with van der Waals surface area (Å²) in [5.74, 6) is -1.81. The van der Waals surface area contributed by atoms with Gasteiger partial charge in [0.15, 0.2) is 0 Å². The molecule has 0 bridgehead atoms. The van der Waals surface area contributed by atoms with Gasteiger partial charge in [-0.25, -0.2) is 0 Å². The van der Waals surface area contributed by atoms with Gasteiger partial charge in [0.1, 0.15) is 11.6 Å². The predicted octanol–water partition coefficient (Wildman–Crippen LogP) is 2.36. The van der Waals surface area contributed by atoms with Crippen LogP contribution in [0.2, 0.25) is 5.02 Å². The zero-order valence-corrected chi connectivity index (χ0v) is 14.0. The summed E-state index contributed by atoms with van der Waals surface area (Å²) in [6.45, 7) is -0.388. The second-order valence-corrected chi connectivity index (χ2v) is 6.64. The Kier molecular flexibility index (Phi) is 4.71. The Hall–Kier alpha value is -2.48. The fourth-order valence-corrected chi connectivity index (χ4v) is 3.65. The molecule has 25 heavy (non-hydrogen) atoms. The van der Waals surface area contributed by atoms with Crippen LogP contribution in [-0.4, -0.2) is 34.1 Å². The maximum atomic E-state index is 12.3. The van der Waals surface area contributed by atoms with E-state index in [2.05, 4.69) is 5.32 Å². The average molecular weight is 366 g/mol. The number of nitro groups is 1. The van der Waals surface area contributed by atoms with Gasteiger partial charge in [-0.15, -0.1) is 0 Å². The van der Waals surface area contributed by atoms with Crippen LogP contribution < -0.4 is 5.32 Å². The summed E-state index contributed by atoms with van der Waals surface area (Å²) in [4.78, 5) is 48.1. The molecule has 1 saturated carbocycles. The molecule has 0 unspecified atom stereocenters. The number of fused-ring (bicyclic) bond motifs is 1. The van der Waals surface area contributed by atoms with Gasteiger partial charge in [0.05, 0.1) is 16.8 Å². The lowest BCUT2D eigenvalue weighted by Gasteiger charge is -2.19. The Balaban J connectivity index is 1.69. The van der Waals surface area contributed by atoms with Crippen LogP contribution in [-0.2, 0) is 14.4 Å². The van der Waals surface area contributed by atoms with E-state index in [0.717, 1.165) is 23.8 Å². The highest BCUT2D eigenvalue weighted by Gasteiger charge is 2.48. The molecule has 1 aliphatic carbocycles. The van der Waals surface area contributed by atoms with Gasteiger partial charge in [-0.05, 0) is 25.0 Å². The number of likely N-dealkylation sites (tertiary alicyclic amines) is 1. The molecule has 0 radical (unpaired) electrons. The van der Waals surface area contributed by atoms with Gasteiger partial charge in [-0.3, -0.25) is 29.4 Å². The lowest BCUT2D eigenvalue weighted by Crippen LogP contribution is -2.38. The number of carbonyl (C=O) groups is 3. The summed E-state index contributed by atoms with van der Waals surface area (Å²) in [7, 11) is 0. The summed E-state index contributed by atoms with van der Waals surface area (Å²) >= 11 is 5.72. The summed E-state index contributed by atoms with van der Waals surface area (Å²) < 4.78 is 0. The molecule has 1 heterocycles. The molecule has 2 aliphatic rings. The number of nitro benzene ring substituents is 1. The van der Waals surface area contributed by atoms with E-state index in [0.29, 0.717) is 12.8 Å². The minimum Gasteiger partial charge on any atom is -0.324 e. The molecule has 2 fully saturated rings. The van der Waals surface area contributed by atoms with Crippen LogP contribution in [0.15, 0.2) is 18.2 Å². The number of hydrogen-bond donors (Lipinski definition) is 1. The molecule has 1 aromatic rings. The van der Waals surface area contributed by atoms with Crippen LogP contribution in [0.4, 0.5) is 11.4 Å². The second-order valence-electron chi connectivity index (χ2n) is 6.23. The molecule has 0 spiro atoms. The molecule has 1 saturated heterocycles. The first-order valence-corrected chi connectivity index (χ1v) is 8.35. The molecule has 132 valence electrons. The number of halogens is 1. The topological polar surface area (TPSA) is 110 Å². The standard InChI is InChI=1S/C16H16ClN3O5/c17-12-6-5-9(7-13(12)20(24)25)18-14(21)8-19-15(22)10-3-1-2-4-11(10)16(19)23/h5-7,10-11H,1-4,8H2,(H,18,21)/t10-,11-/m1/s1. The number of benzene rings is 1. The maximum Gasteiger partial charge on any atom is 0.289 e. The van der Waals surface area contributed by atoms with Crippen LogP contribution in [0.25, 0.3) is 0 Å². The van der Waals surface area contributed by atoms with Crippen molar-refractivity contribution >= 4 is 40.7 Å². The van der Waals surface area contributed by atoms with Crippen molar-refractivity contribution in [1.82, 2.24) is 4.90 Å². The van der Waals surface area contributed by atoms with E-state index >= 15 is 0 Å². The monoisotopic (exact) mass is 365 g/mol. The van der Waals surface area contributed by atoms with E-state index in [-0.39, 0.29) is 46.6 Å². The van der Waals surface area contributed by atoms with Gasteiger partial charge in [0.2, 0.25) is 17.7 Å². The number of nitrogens with zero attached hydrogens (tertiary/aromatic N) is 2. The number of anilines is 1. The molecule has 8 nitrogen and oxygen atoms in total. The smallest absolute Gasteiger partial charge is 0.289 e. The van der Waals surface area contributed by atoms with Crippen molar-refractivity contribution in [3.63, 3.8) is 0 Å². The zero-order valence-electron chi connectivity index (χ0n) is 13.2. The molecular weight excluding hydrogens is 350 g/mol. The number of rotatable bonds is 4. The Morgan fingerprint density at radius 2 is 1.84 bits per heavy atom. The Labute approximate surface area is 148 Å². The van der Waals surface area contributed by atoms with E-state index < -0.39 is 10.8 Å². The summed E-state index contributed by atoms with van der Waals surface area (Å²) in [5, 5.41) is 13.3. The van der Waals surface area contributed by atoms with E-state index in [4.69, 9.17) is 11.6 Å². The van der Waals surface area contributed by atoms with Crippen LogP contribution in [0.1, 0.15) is 25.7 Å². The highest BCUT2D eigenvalue weighted by Crippen LogP contribution is 2.37. The Morgan fingerprint density at radius 1 is 1.24 bits per heavy atom. The first-order chi connectivity index (χ1) is 11.9. The van der Waals surface area contributed by atoms with E-state index in [1.807, 2.05) is 0 Å². The van der Waals surface area contributed by atoms with Crippen LogP contribution >= 0.6 is 11.6 Å². The van der Waals surface area contributed by atoms with Crippen molar-refractivity contribution < 1.29 is 19.3 Å². The van der Waals surface area contributed by atoms with E-state index in [1.165, 1.54) is 12.1 Å². The number of amides is 3. The summed E-state index contributed by atoms with van der Waals surface area (Å²) in [6, 6.07) is 3.85. The molecule has 1 aliphatic heterocycles. The highest BCUT2D eigenvalue weighted by atomic mass is 35.5. The second kappa shape index (κ2) is 6.79. The molecule has 0 aromatic heterocycles. The van der Waals surface area contributed by atoms with Crippen molar-refractivity contribution in [2.45, 2.75) is 25.7 Å². The quantitative estimate of drug-likeness (QED) is 0.500. The number of imide groups is 1. The number of hydrogen-bond acceptors (Lipinski definition) is 5. The normalized spacial score (nSPS) is 22.7. The molecule has 3 amide bonds. The van der Waals surface area contributed by atoms with Crippen molar-refractivity contribution in [2.24, 2.45) is 11.8 Å². The summed E-state index contributed by atoms with van der Waals surface area (Å²) in [6.07, 6.45) is 3.18. The highest BCUT2D eigenvalue weighted by molar-refractivity contribution is 6.32. The first kappa shape index (κ1) is 17.3. The predicted molar refractivity (Wildman–Crippen MR) is 88.9 cm³/mol. The van der Waals surface area contributed by atoms with Crippen molar-refractivity contribution in [3.05, 3.63) is 33.3 Å². The number of carbonyl (C=O) groups excluding carboxylic acids is 3. The molecule has 3 rings (SSSR count). The lowest BCUT2D eigenvalue weighted by molar-refractivity contribution is -0.384. The van der Waals surface area contributed by atoms with Gasteiger partial charge < -0.3 is 5.32 Å². The fourth-order valence-electron chi connectivity index (χ4n) is 3.46. The minimum absolute atomic E-state index is 0.0445. The minimum atomic E-state index is -0.657. The van der Waals surface area contributed by atoms with Gasteiger partial charge in [0, 0.05) is 11.8 Å². The maximum absolute atomic E-state index is 12.3. The molecule has 9 heteroatoms. The first-order valence-electron chi connectivity index (χ1n) is 7.97. The van der Waals surface area contributed by atoms with E-state index in [9.17, 15) is 24.5 Å². The van der Waals surface area contributed by atoms with Gasteiger partial charge >= 0.3 is 0 Å². The Bertz CT molecular complexity index is 742. The summed E-state index contributed by atoms with van der Waals surface area (Å²) in [5.41, 5.74) is -0.156. The SMILES string of the molecule is O=C(CN1C(=O)[C@@H]2CCCC[C@H]2C1=O)Nc1ccc(Cl)c([N+](=O)[O-])c1. The molecule has 1 N–H and O–H groups in total. The molecular formula is C16H16ClN3O5. The third-order valence-corrected chi connectivity index (χ3v) is 4.98. The fraction of sp³-hybridized carbons (Fsp3) is 0.438. The van der Waals surface area contributed by atoms with Gasteiger partial charge in [0.25, 0.3) is 5.69 Å². The zero-order chi connectivity index (χ0) is 18.1. The largest absolute Gasteiger partial charge is 0.324 e. The number of nitrogens with one attached hydrogen (secondary N) is 1. The van der Waals surface area contributed by atoms with Crippen LogP contribution in [0, 0.1) is 22.0 Å². The van der Waals surface area contributed by atoms with Gasteiger partial charge in [-0.1, -0.05) is 24.4 Å². The van der Waals surface area contributed by atoms with Crippen molar-refractivity contribution in [3.8, 4) is 0 Å². The Morgan fingerprint density at radius 3 is 2.40 bits per heavy atom. The van der Waals surface area contributed by atoms with E-state index in [1.54, 1.807) is 0 Å². The van der Waals surface area contributed by atoms with Crippen molar-refractivity contribution in [1.29, 1.82) is 0 Å².